The molecule has 12 nitrogen and oxygen atoms in total. The number of hydrogen-bond acceptors (Lipinski definition) is 9. The number of rotatable bonds is 13. The van der Waals surface area contributed by atoms with Crippen LogP contribution in [0.5, 0.6) is 0 Å². The molecule has 5 heterocycles. The Kier molecular flexibility index (Phi) is 9.76. The minimum absolute atomic E-state index is 0.0601. The molecule has 16 heteroatoms. The first-order chi connectivity index (χ1) is 23.5. The van der Waals surface area contributed by atoms with Crippen LogP contribution >= 0.6 is 11.3 Å². The standard InChI is InChI=1S/C33H32F3N7O5S/c34-33(35,36)26-17-22(25-8-7-15-49-25)39-27-18-23(41-43(26)27)29(45)38-14-6-4-2-1-3-5-13-37-19-9-10-20-21(16-19)32(48)42(31(20)47)24-11-12-28(44)40-30(24)46/h7-10,15-18,24,37H,1-6,11-14H2,(H,38,45)(H,40,44,46). The summed E-state index contributed by atoms with van der Waals surface area (Å²) in [6, 6.07) is 9.47. The topological polar surface area (TPSA) is 155 Å². The molecule has 1 atom stereocenters. The van der Waals surface area contributed by atoms with Gasteiger partial charge in [-0.3, -0.25) is 34.2 Å². The lowest BCUT2D eigenvalue weighted by molar-refractivity contribution is -0.142. The van der Waals surface area contributed by atoms with Gasteiger partial charge in [-0.15, -0.1) is 11.3 Å². The summed E-state index contributed by atoms with van der Waals surface area (Å²) in [6.07, 6.45) is 0.716. The number of unbranched alkanes of at least 4 members (excludes halogenated alkanes) is 5. The number of halogens is 3. The first-order valence-electron chi connectivity index (χ1n) is 15.9. The van der Waals surface area contributed by atoms with E-state index in [4.69, 9.17) is 0 Å². The van der Waals surface area contributed by atoms with E-state index in [2.05, 4.69) is 26.0 Å². The predicted octanol–water partition coefficient (Wildman–Crippen LogP) is 5.06. The number of hydrogen-bond donors (Lipinski definition) is 3. The molecular formula is C33H32F3N7O5S. The highest BCUT2D eigenvalue weighted by atomic mass is 32.1. The van der Waals surface area contributed by atoms with Gasteiger partial charge in [0.15, 0.2) is 17.0 Å². The fourth-order valence-electron chi connectivity index (χ4n) is 5.90. The van der Waals surface area contributed by atoms with E-state index >= 15 is 0 Å². The first kappa shape index (κ1) is 33.8. The number of nitrogens with zero attached hydrogens (tertiary/aromatic N) is 4. The van der Waals surface area contributed by atoms with E-state index in [9.17, 15) is 37.1 Å². The molecule has 3 N–H and O–H groups in total. The van der Waals surface area contributed by atoms with Crippen molar-refractivity contribution in [3.05, 3.63) is 70.4 Å². The van der Waals surface area contributed by atoms with Crippen LogP contribution in [0.2, 0.25) is 0 Å². The maximum atomic E-state index is 13.8. The molecule has 4 aromatic rings. The molecule has 2 aliphatic rings. The highest BCUT2D eigenvalue weighted by molar-refractivity contribution is 7.13. The molecule has 5 amide bonds. The summed E-state index contributed by atoms with van der Waals surface area (Å²) in [5.41, 5.74) is 0.0840. The molecule has 1 aromatic carbocycles. The zero-order valence-corrected chi connectivity index (χ0v) is 27.0. The minimum Gasteiger partial charge on any atom is -0.385 e. The van der Waals surface area contributed by atoms with Gasteiger partial charge in [-0.25, -0.2) is 9.50 Å². The van der Waals surface area contributed by atoms with Crippen molar-refractivity contribution < 1.29 is 37.1 Å². The molecule has 2 aliphatic heterocycles. The van der Waals surface area contributed by atoms with Crippen LogP contribution in [-0.2, 0) is 15.8 Å². The van der Waals surface area contributed by atoms with Crippen LogP contribution in [0.15, 0.2) is 47.8 Å². The summed E-state index contributed by atoms with van der Waals surface area (Å²) in [7, 11) is 0. The third-order valence-electron chi connectivity index (χ3n) is 8.38. The number of carbonyl (C=O) groups excluding carboxylic acids is 5. The average molecular weight is 696 g/mol. The maximum absolute atomic E-state index is 13.8. The SMILES string of the molecule is O=C1CCC(N2C(=O)c3ccc(NCCCCCCCCNC(=O)c4cc5nc(-c6cccs6)cc(C(F)(F)F)n5n4)cc3C2=O)C(=O)N1. The van der Waals surface area contributed by atoms with Gasteiger partial charge in [0.25, 0.3) is 17.7 Å². The molecule has 0 radical (unpaired) electrons. The van der Waals surface area contributed by atoms with Gasteiger partial charge in [-0.1, -0.05) is 31.7 Å². The van der Waals surface area contributed by atoms with Crippen LogP contribution in [0, 0.1) is 0 Å². The summed E-state index contributed by atoms with van der Waals surface area (Å²) in [5, 5.41) is 13.8. The van der Waals surface area contributed by atoms with Gasteiger partial charge in [0.05, 0.1) is 21.7 Å². The summed E-state index contributed by atoms with van der Waals surface area (Å²) in [4.78, 5) is 68.0. The molecule has 49 heavy (non-hydrogen) atoms. The number of carbonyl (C=O) groups is 5. The number of piperidine rings is 1. The molecule has 0 spiro atoms. The van der Waals surface area contributed by atoms with Crippen molar-refractivity contribution >= 4 is 52.2 Å². The van der Waals surface area contributed by atoms with Gasteiger partial charge in [-0.05, 0) is 55.0 Å². The number of anilines is 1. The van der Waals surface area contributed by atoms with Crippen molar-refractivity contribution in [3.63, 3.8) is 0 Å². The number of benzene rings is 1. The van der Waals surface area contributed by atoms with Gasteiger partial charge in [0, 0.05) is 31.3 Å². The van der Waals surface area contributed by atoms with Gasteiger partial charge >= 0.3 is 6.18 Å². The molecule has 0 aliphatic carbocycles. The van der Waals surface area contributed by atoms with Crippen molar-refractivity contribution in [1.29, 1.82) is 0 Å². The lowest BCUT2D eigenvalue weighted by atomic mass is 10.0. The highest BCUT2D eigenvalue weighted by Crippen LogP contribution is 2.34. The Labute approximate surface area is 282 Å². The van der Waals surface area contributed by atoms with Crippen LogP contribution in [-0.4, -0.2) is 68.2 Å². The summed E-state index contributed by atoms with van der Waals surface area (Å²) in [6.45, 7) is 1.00. The third-order valence-corrected chi connectivity index (χ3v) is 9.27. The lowest BCUT2D eigenvalue weighted by Gasteiger charge is -2.27. The number of nitrogens with one attached hydrogen (secondary N) is 3. The van der Waals surface area contributed by atoms with E-state index < -0.39 is 47.4 Å². The van der Waals surface area contributed by atoms with Crippen LogP contribution in [0.25, 0.3) is 16.2 Å². The maximum Gasteiger partial charge on any atom is 0.433 e. The van der Waals surface area contributed by atoms with Crippen LogP contribution < -0.4 is 16.0 Å². The predicted molar refractivity (Wildman–Crippen MR) is 173 cm³/mol. The monoisotopic (exact) mass is 695 g/mol. The Morgan fingerprint density at radius 3 is 2.39 bits per heavy atom. The Bertz CT molecular complexity index is 1930. The van der Waals surface area contributed by atoms with Gasteiger partial charge in [-0.2, -0.15) is 18.3 Å². The first-order valence-corrected chi connectivity index (χ1v) is 16.8. The van der Waals surface area contributed by atoms with E-state index in [1.54, 1.807) is 35.7 Å². The van der Waals surface area contributed by atoms with Crippen molar-refractivity contribution in [1.82, 2.24) is 30.1 Å². The second-order valence-corrected chi connectivity index (χ2v) is 12.8. The third kappa shape index (κ3) is 7.33. The molecule has 6 rings (SSSR count). The van der Waals surface area contributed by atoms with Crippen molar-refractivity contribution in [3.8, 4) is 10.6 Å². The second-order valence-electron chi connectivity index (χ2n) is 11.8. The molecule has 3 aromatic heterocycles. The minimum atomic E-state index is -4.68. The molecule has 1 saturated heterocycles. The molecular weight excluding hydrogens is 663 g/mol. The Morgan fingerprint density at radius 1 is 0.939 bits per heavy atom. The molecule has 0 bridgehead atoms. The molecule has 0 saturated carbocycles. The average Bonchev–Trinajstić information content (AvgIpc) is 3.81. The van der Waals surface area contributed by atoms with E-state index in [-0.39, 0.29) is 41.0 Å². The number of imide groups is 2. The molecule has 1 fully saturated rings. The zero-order valence-electron chi connectivity index (χ0n) is 26.1. The number of amides is 5. The highest BCUT2D eigenvalue weighted by Gasteiger charge is 2.44. The lowest BCUT2D eigenvalue weighted by Crippen LogP contribution is -2.54. The van der Waals surface area contributed by atoms with E-state index in [0.29, 0.717) is 34.6 Å². The van der Waals surface area contributed by atoms with Crippen LogP contribution in [0.3, 0.4) is 0 Å². The van der Waals surface area contributed by atoms with Crippen molar-refractivity contribution in [2.24, 2.45) is 0 Å². The quantitative estimate of drug-likeness (QED) is 0.130. The fourth-order valence-corrected chi connectivity index (χ4v) is 6.59. The Hall–Kier alpha value is -5.12. The van der Waals surface area contributed by atoms with Gasteiger partial charge < -0.3 is 10.6 Å². The van der Waals surface area contributed by atoms with E-state index in [0.717, 1.165) is 43.1 Å². The van der Waals surface area contributed by atoms with E-state index in [1.165, 1.54) is 17.4 Å². The molecule has 256 valence electrons. The Morgan fingerprint density at radius 2 is 1.67 bits per heavy atom. The van der Waals surface area contributed by atoms with Crippen LogP contribution in [0.1, 0.15) is 88.3 Å². The van der Waals surface area contributed by atoms with Crippen molar-refractivity contribution in [2.75, 3.05) is 18.4 Å². The number of fused-ring (bicyclic) bond motifs is 2. The van der Waals surface area contributed by atoms with Gasteiger partial charge in [0.2, 0.25) is 11.8 Å². The number of thiophene rings is 1. The smallest absolute Gasteiger partial charge is 0.385 e. The summed E-state index contributed by atoms with van der Waals surface area (Å²) in [5.74, 6) is -2.74. The fraction of sp³-hybridized carbons (Fsp3) is 0.364. The Balaban J connectivity index is 0.897. The largest absolute Gasteiger partial charge is 0.433 e. The number of aromatic nitrogens is 3. The summed E-state index contributed by atoms with van der Waals surface area (Å²) < 4.78 is 42.0. The van der Waals surface area contributed by atoms with Crippen molar-refractivity contribution in [2.45, 2.75) is 63.6 Å². The second kappa shape index (κ2) is 14.2. The summed E-state index contributed by atoms with van der Waals surface area (Å²) >= 11 is 1.27. The normalized spacial score (nSPS) is 16.3. The van der Waals surface area contributed by atoms with E-state index in [1.807, 2.05) is 0 Å². The van der Waals surface area contributed by atoms with Crippen LogP contribution in [0.4, 0.5) is 18.9 Å². The molecule has 1 unspecified atom stereocenters. The van der Waals surface area contributed by atoms with Gasteiger partial charge in [0.1, 0.15) is 6.04 Å². The zero-order chi connectivity index (χ0) is 34.7. The number of alkyl halides is 3.